The minimum Gasteiger partial charge on any atom is -0.481 e. The lowest BCUT2D eigenvalue weighted by Gasteiger charge is -2.56. The first kappa shape index (κ1) is 22.1. The van der Waals surface area contributed by atoms with Gasteiger partial charge in [0.25, 0.3) is 5.97 Å². The van der Waals surface area contributed by atoms with E-state index in [-0.39, 0.29) is 11.2 Å². The molecule has 4 aliphatic carbocycles. The molecule has 4 N–H and O–H groups in total. The molecule has 162 valence electrons. The van der Waals surface area contributed by atoms with Gasteiger partial charge >= 0.3 is 0 Å². The van der Waals surface area contributed by atoms with Crippen molar-refractivity contribution in [3.63, 3.8) is 0 Å². The van der Waals surface area contributed by atoms with Crippen molar-refractivity contribution < 1.29 is 19.8 Å². The molecule has 0 aromatic carbocycles. The van der Waals surface area contributed by atoms with Gasteiger partial charge in [-0.3, -0.25) is 9.59 Å². The van der Waals surface area contributed by atoms with E-state index in [9.17, 15) is 9.90 Å². The number of hydrogen-bond acceptors (Lipinski definition) is 4. The van der Waals surface area contributed by atoms with E-state index in [4.69, 9.17) is 15.6 Å². The van der Waals surface area contributed by atoms with Crippen LogP contribution in [0.25, 0.3) is 0 Å². The van der Waals surface area contributed by atoms with Crippen LogP contribution in [0, 0.1) is 40.4 Å². The Bertz CT molecular complexity index is 737. The van der Waals surface area contributed by atoms with Gasteiger partial charge in [0, 0.05) is 20.0 Å². The number of fused-ring (bicyclic) bond motifs is 5. The highest BCUT2D eigenvalue weighted by Gasteiger charge is 2.58. The van der Waals surface area contributed by atoms with E-state index in [0.29, 0.717) is 53.7 Å². The maximum atomic E-state index is 12.1. The van der Waals surface area contributed by atoms with Crippen LogP contribution in [-0.2, 0) is 9.59 Å². The molecule has 0 radical (unpaired) electrons. The molecule has 4 rings (SSSR count). The molecule has 5 nitrogen and oxygen atoms in total. The monoisotopic (exact) mass is 403 g/mol. The number of carboxylic acids is 1. The average molecular weight is 404 g/mol. The fraction of sp³-hybridized carbons (Fsp3) is 0.750. The summed E-state index contributed by atoms with van der Waals surface area (Å²) in [6.07, 6.45) is 11.1. The minimum absolute atomic E-state index is 0.0689. The summed E-state index contributed by atoms with van der Waals surface area (Å²) in [7, 11) is 0. The number of allylic oxidation sites excluding steroid dienone is 4. The Morgan fingerprint density at radius 3 is 2.52 bits per heavy atom. The van der Waals surface area contributed by atoms with Gasteiger partial charge in [-0.15, -0.1) is 0 Å². The largest absolute Gasteiger partial charge is 0.481 e. The molecule has 0 amide bonds. The Balaban J connectivity index is 0.000000552. The molecule has 0 aromatic heterocycles. The third kappa shape index (κ3) is 3.56. The molecule has 5 heteroatoms. The summed E-state index contributed by atoms with van der Waals surface area (Å²) < 4.78 is 0. The van der Waals surface area contributed by atoms with Crippen molar-refractivity contribution in [3.05, 3.63) is 23.4 Å². The lowest BCUT2D eigenvalue weighted by Crippen LogP contribution is -2.50. The number of carbonyl (C=O) groups excluding carboxylic acids is 1. The van der Waals surface area contributed by atoms with Crippen LogP contribution in [0.2, 0.25) is 0 Å². The number of carbonyl (C=O) groups is 2. The number of aliphatic carboxylic acids is 1. The fourth-order valence-electron chi connectivity index (χ4n) is 7.28. The Morgan fingerprint density at radius 2 is 1.90 bits per heavy atom. The van der Waals surface area contributed by atoms with Crippen LogP contribution in [0.15, 0.2) is 23.4 Å². The number of hydrogen-bond donors (Lipinski definition) is 3. The van der Waals surface area contributed by atoms with Gasteiger partial charge in [0.2, 0.25) is 0 Å². The zero-order valence-corrected chi connectivity index (χ0v) is 18.3. The van der Waals surface area contributed by atoms with Crippen molar-refractivity contribution in [3.8, 4) is 0 Å². The molecule has 0 bridgehead atoms. The average Bonchev–Trinajstić information content (AvgIpc) is 3.01. The summed E-state index contributed by atoms with van der Waals surface area (Å²) in [5.41, 5.74) is 8.26. The van der Waals surface area contributed by atoms with Crippen molar-refractivity contribution in [1.29, 1.82) is 0 Å². The van der Waals surface area contributed by atoms with Gasteiger partial charge in [0.1, 0.15) is 0 Å². The predicted molar refractivity (Wildman–Crippen MR) is 113 cm³/mol. The second-order valence-corrected chi connectivity index (χ2v) is 10.2. The molecule has 0 heterocycles. The van der Waals surface area contributed by atoms with Crippen LogP contribution in [0.4, 0.5) is 0 Å². The first-order valence-electron chi connectivity index (χ1n) is 11.1. The Hall–Kier alpha value is -1.62. The van der Waals surface area contributed by atoms with Crippen LogP contribution in [-0.4, -0.2) is 28.6 Å². The molecule has 0 aromatic rings. The summed E-state index contributed by atoms with van der Waals surface area (Å²) in [5, 5.41) is 17.1. The lowest BCUT2D eigenvalue weighted by atomic mass is 9.48. The maximum absolute atomic E-state index is 12.1. The van der Waals surface area contributed by atoms with E-state index in [0.717, 1.165) is 18.9 Å². The molecule has 2 saturated carbocycles. The SMILES string of the molecule is CC(=O)O.C[C@H](CO)[C@H]1CC[C@H]2[C@@H]3C=CC4=C(N)C(=O)CC[C@]4(C)[C@H]3CC[C@]12C. The fourth-order valence-corrected chi connectivity index (χ4v) is 7.28. The second-order valence-electron chi connectivity index (χ2n) is 10.2. The van der Waals surface area contributed by atoms with Gasteiger partial charge in [-0.1, -0.05) is 32.9 Å². The molecule has 29 heavy (non-hydrogen) atoms. The third-order valence-electron chi connectivity index (χ3n) is 8.76. The standard InChI is InChI=1S/C22H33NO2.C2H4O2/c1-13(12-24)15-6-7-16-14-4-5-18-20(23)19(25)9-11-22(18,3)17(14)8-10-21(15,16)2;1-2(3)4/h4-5,13-17,24H,6-12,23H2,1-3H3;1H3,(H,3,4)/t13-,14+,15-,16+,17+,21-,22-;/m1./s1. The van der Waals surface area contributed by atoms with Gasteiger partial charge in [0.05, 0.1) is 5.70 Å². The highest BCUT2D eigenvalue weighted by atomic mass is 16.4. The first-order chi connectivity index (χ1) is 13.6. The molecule has 0 saturated heterocycles. The van der Waals surface area contributed by atoms with Gasteiger partial charge in [-0.2, -0.15) is 0 Å². The van der Waals surface area contributed by atoms with Gasteiger partial charge < -0.3 is 15.9 Å². The number of ketones is 1. The van der Waals surface area contributed by atoms with Crippen LogP contribution in [0.5, 0.6) is 0 Å². The third-order valence-corrected chi connectivity index (χ3v) is 8.76. The van der Waals surface area contributed by atoms with Gasteiger partial charge in [0.15, 0.2) is 5.78 Å². The van der Waals surface area contributed by atoms with Crippen molar-refractivity contribution in [2.45, 2.75) is 66.2 Å². The minimum atomic E-state index is -0.833. The van der Waals surface area contributed by atoms with Crippen molar-refractivity contribution in [2.75, 3.05) is 6.61 Å². The van der Waals surface area contributed by atoms with Crippen LogP contribution >= 0.6 is 0 Å². The smallest absolute Gasteiger partial charge is 0.300 e. The van der Waals surface area contributed by atoms with E-state index < -0.39 is 5.97 Å². The normalized spacial score (nSPS) is 41.6. The van der Waals surface area contributed by atoms with E-state index in [1.165, 1.54) is 25.7 Å². The summed E-state index contributed by atoms with van der Waals surface area (Å²) in [4.78, 5) is 21.1. The Labute approximate surface area is 174 Å². The molecule has 4 aliphatic rings. The van der Waals surface area contributed by atoms with Crippen molar-refractivity contribution in [2.24, 2.45) is 46.2 Å². The summed E-state index contributed by atoms with van der Waals surface area (Å²) in [6, 6.07) is 0. The summed E-state index contributed by atoms with van der Waals surface area (Å²) in [5.74, 6) is 2.25. The highest BCUT2D eigenvalue weighted by molar-refractivity contribution is 5.97. The Morgan fingerprint density at radius 1 is 1.24 bits per heavy atom. The topological polar surface area (TPSA) is 101 Å². The highest BCUT2D eigenvalue weighted by Crippen LogP contribution is 2.66. The quantitative estimate of drug-likeness (QED) is 0.649. The summed E-state index contributed by atoms with van der Waals surface area (Å²) in [6.45, 7) is 8.45. The summed E-state index contributed by atoms with van der Waals surface area (Å²) >= 11 is 0. The zero-order valence-electron chi connectivity index (χ0n) is 18.3. The second kappa shape index (κ2) is 7.90. The molecular weight excluding hydrogens is 366 g/mol. The first-order valence-corrected chi connectivity index (χ1v) is 11.1. The number of aliphatic hydroxyl groups excluding tert-OH is 1. The molecule has 0 spiro atoms. The maximum Gasteiger partial charge on any atom is 0.300 e. The van der Waals surface area contributed by atoms with E-state index in [1.807, 2.05) is 0 Å². The van der Waals surface area contributed by atoms with Crippen molar-refractivity contribution in [1.82, 2.24) is 0 Å². The Kier molecular flexibility index (Phi) is 6.01. The van der Waals surface area contributed by atoms with Crippen LogP contribution in [0.1, 0.15) is 66.2 Å². The number of nitrogens with two attached hydrogens (primary N) is 1. The predicted octanol–water partition coefficient (Wildman–Crippen LogP) is 3.92. The molecule has 7 atom stereocenters. The van der Waals surface area contributed by atoms with Crippen molar-refractivity contribution >= 4 is 11.8 Å². The van der Waals surface area contributed by atoms with E-state index in [1.54, 1.807) is 0 Å². The number of aliphatic hydroxyl groups is 1. The van der Waals surface area contributed by atoms with Gasteiger partial charge in [-0.25, -0.2) is 0 Å². The number of rotatable bonds is 2. The number of Topliss-reactive ketones (excluding diaryl/α,β-unsaturated/α-hetero) is 1. The van der Waals surface area contributed by atoms with Crippen LogP contribution < -0.4 is 5.73 Å². The van der Waals surface area contributed by atoms with Crippen LogP contribution in [0.3, 0.4) is 0 Å². The van der Waals surface area contributed by atoms with E-state index >= 15 is 0 Å². The number of carboxylic acid groups (broad SMARTS) is 1. The van der Waals surface area contributed by atoms with Gasteiger partial charge in [-0.05, 0) is 78.1 Å². The molecule has 0 aliphatic heterocycles. The molecular formula is C24H37NO4. The molecule has 0 unspecified atom stereocenters. The lowest BCUT2D eigenvalue weighted by molar-refractivity contribution is -0.134. The zero-order chi connectivity index (χ0) is 21.6. The van der Waals surface area contributed by atoms with E-state index in [2.05, 4.69) is 32.9 Å². The molecule has 2 fully saturated rings.